The molecule has 0 spiro atoms. The van der Waals surface area contributed by atoms with E-state index in [9.17, 15) is 4.79 Å². The fraction of sp³-hybridized carbons (Fsp3) is 0.522. The monoisotopic (exact) mass is 457 g/mol. The van der Waals surface area contributed by atoms with Crippen LogP contribution in [0, 0.1) is 0 Å². The van der Waals surface area contributed by atoms with E-state index >= 15 is 0 Å². The quantitative estimate of drug-likeness (QED) is 0.486. The van der Waals surface area contributed by atoms with E-state index in [-0.39, 0.29) is 11.9 Å². The Morgan fingerprint density at radius 2 is 2.09 bits per heavy atom. The Kier molecular flexibility index (Phi) is 7.39. The van der Waals surface area contributed by atoms with Gasteiger partial charge in [-0.3, -0.25) is 19.3 Å². The maximum atomic E-state index is 13.5. The van der Waals surface area contributed by atoms with E-state index in [4.69, 9.17) is 14.5 Å². The van der Waals surface area contributed by atoms with Crippen LogP contribution in [-0.2, 0) is 4.74 Å². The summed E-state index contributed by atoms with van der Waals surface area (Å²) in [7, 11) is 0. The van der Waals surface area contributed by atoms with E-state index in [0.29, 0.717) is 24.0 Å². The van der Waals surface area contributed by atoms with Crippen molar-refractivity contribution in [2.75, 3.05) is 50.9 Å². The van der Waals surface area contributed by atoms with E-state index in [1.165, 1.54) is 11.3 Å². The zero-order valence-electron chi connectivity index (χ0n) is 19.0. The van der Waals surface area contributed by atoms with Crippen molar-refractivity contribution in [1.29, 1.82) is 0 Å². The minimum absolute atomic E-state index is 0.122. The predicted molar refractivity (Wildman–Crippen MR) is 127 cm³/mol. The SMILES string of the molecule is CCOc1cccc2sc(N(CCCN3CCOCC3)C(=O)c3ccn(C(C)C)n3)nc12. The highest BCUT2D eigenvalue weighted by molar-refractivity contribution is 7.22. The maximum absolute atomic E-state index is 13.5. The van der Waals surface area contributed by atoms with Crippen LogP contribution in [0.1, 0.15) is 43.7 Å². The van der Waals surface area contributed by atoms with E-state index in [1.807, 2.05) is 49.8 Å². The number of thiazole rings is 1. The fourth-order valence-corrected chi connectivity index (χ4v) is 4.75. The van der Waals surface area contributed by atoms with Gasteiger partial charge in [-0.1, -0.05) is 17.4 Å². The molecule has 1 saturated heterocycles. The van der Waals surface area contributed by atoms with Crippen LogP contribution < -0.4 is 9.64 Å². The minimum Gasteiger partial charge on any atom is -0.492 e. The predicted octanol–water partition coefficient (Wildman–Crippen LogP) is 3.84. The third-order valence-electron chi connectivity index (χ3n) is 5.46. The summed E-state index contributed by atoms with van der Waals surface area (Å²) >= 11 is 1.51. The third kappa shape index (κ3) is 5.11. The molecule has 3 aromatic rings. The van der Waals surface area contributed by atoms with Crippen LogP contribution in [0.5, 0.6) is 5.75 Å². The van der Waals surface area contributed by atoms with Gasteiger partial charge in [0.1, 0.15) is 11.3 Å². The van der Waals surface area contributed by atoms with Crippen molar-refractivity contribution in [3.63, 3.8) is 0 Å². The smallest absolute Gasteiger partial charge is 0.280 e. The van der Waals surface area contributed by atoms with Crippen molar-refractivity contribution in [1.82, 2.24) is 19.7 Å². The number of fused-ring (bicyclic) bond motifs is 1. The number of carbonyl (C=O) groups is 1. The lowest BCUT2D eigenvalue weighted by molar-refractivity contribution is 0.0376. The number of hydrogen-bond acceptors (Lipinski definition) is 7. The van der Waals surface area contributed by atoms with Gasteiger partial charge in [0.2, 0.25) is 0 Å². The summed E-state index contributed by atoms with van der Waals surface area (Å²) in [5, 5.41) is 5.18. The van der Waals surface area contributed by atoms with Gasteiger partial charge in [-0.05, 0) is 45.4 Å². The molecule has 1 fully saturated rings. The Hall–Kier alpha value is -2.49. The Labute approximate surface area is 192 Å². The summed E-state index contributed by atoms with van der Waals surface area (Å²) in [6, 6.07) is 7.88. The van der Waals surface area contributed by atoms with Gasteiger partial charge in [-0.2, -0.15) is 5.10 Å². The van der Waals surface area contributed by atoms with Crippen LogP contribution in [0.2, 0.25) is 0 Å². The molecule has 0 atom stereocenters. The van der Waals surface area contributed by atoms with Crippen LogP contribution in [-0.4, -0.2) is 71.6 Å². The number of nitrogens with zero attached hydrogens (tertiary/aromatic N) is 5. The van der Waals surface area contributed by atoms with Gasteiger partial charge in [-0.15, -0.1) is 0 Å². The summed E-state index contributed by atoms with van der Waals surface area (Å²) in [6.07, 6.45) is 2.71. The van der Waals surface area contributed by atoms with Gasteiger partial charge in [0.25, 0.3) is 5.91 Å². The Balaban J connectivity index is 1.59. The van der Waals surface area contributed by atoms with E-state index in [2.05, 4.69) is 10.00 Å². The number of anilines is 1. The molecule has 1 aliphatic heterocycles. The Morgan fingerprint density at radius 3 is 2.81 bits per heavy atom. The van der Waals surface area contributed by atoms with Crippen LogP contribution in [0.3, 0.4) is 0 Å². The largest absolute Gasteiger partial charge is 0.492 e. The van der Waals surface area contributed by atoms with Gasteiger partial charge in [0, 0.05) is 38.4 Å². The van der Waals surface area contributed by atoms with Gasteiger partial charge >= 0.3 is 0 Å². The Bertz CT molecular complexity index is 1040. The zero-order chi connectivity index (χ0) is 22.5. The van der Waals surface area contributed by atoms with Crippen LogP contribution in [0.4, 0.5) is 5.13 Å². The van der Waals surface area contributed by atoms with Gasteiger partial charge in [0.05, 0.1) is 24.5 Å². The van der Waals surface area contributed by atoms with Crippen molar-refractivity contribution in [2.45, 2.75) is 33.2 Å². The highest BCUT2D eigenvalue weighted by Gasteiger charge is 2.24. The average Bonchev–Trinajstić information content (AvgIpc) is 3.45. The summed E-state index contributed by atoms with van der Waals surface area (Å²) in [4.78, 5) is 22.5. The molecule has 9 heteroatoms. The lowest BCUT2D eigenvalue weighted by Gasteiger charge is -2.27. The molecule has 8 nitrogen and oxygen atoms in total. The number of amides is 1. The molecule has 1 amide bonds. The first kappa shape index (κ1) is 22.7. The molecule has 0 bridgehead atoms. The van der Waals surface area contributed by atoms with Crippen LogP contribution >= 0.6 is 11.3 Å². The molecular formula is C23H31N5O3S. The molecule has 0 aliphatic carbocycles. The number of ether oxygens (including phenoxy) is 2. The summed E-state index contributed by atoms with van der Waals surface area (Å²) in [6.45, 7) is 11.5. The molecule has 0 unspecified atom stereocenters. The molecule has 0 saturated carbocycles. The van der Waals surface area contributed by atoms with E-state index in [0.717, 1.165) is 55.2 Å². The van der Waals surface area contributed by atoms with Crippen molar-refractivity contribution in [2.24, 2.45) is 0 Å². The molecular weight excluding hydrogens is 426 g/mol. The Morgan fingerprint density at radius 1 is 1.28 bits per heavy atom. The first-order chi connectivity index (χ1) is 15.6. The first-order valence-electron chi connectivity index (χ1n) is 11.3. The topological polar surface area (TPSA) is 72.7 Å². The molecule has 4 rings (SSSR count). The van der Waals surface area contributed by atoms with Crippen LogP contribution in [0.25, 0.3) is 10.2 Å². The zero-order valence-corrected chi connectivity index (χ0v) is 19.8. The number of rotatable bonds is 9. The van der Waals surface area contributed by atoms with Gasteiger partial charge < -0.3 is 9.47 Å². The number of para-hydroxylation sites is 1. The van der Waals surface area contributed by atoms with Crippen molar-refractivity contribution in [3.05, 3.63) is 36.2 Å². The summed E-state index contributed by atoms with van der Waals surface area (Å²) in [5.41, 5.74) is 1.24. The number of morpholine rings is 1. The van der Waals surface area contributed by atoms with E-state index in [1.54, 1.807) is 11.0 Å². The molecule has 0 N–H and O–H groups in total. The molecule has 1 aromatic carbocycles. The van der Waals surface area contributed by atoms with Gasteiger partial charge in [0.15, 0.2) is 10.8 Å². The second-order valence-electron chi connectivity index (χ2n) is 8.07. The van der Waals surface area contributed by atoms with Gasteiger partial charge in [-0.25, -0.2) is 4.98 Å². The minimum atomic E-state index is -0.122. The van der Waals surface area contributed by atoms with Crippen LogP contribution in [0.15, 0.2) is 30.5 Å². The average molecular weight is 458 g/mol. The second-order valence-corrected chi connectivity index (χ2v) is 9.08. The molecule has 3 heterocycles. The normalized spacial score (nSPS) is 14.9. The van der Waals surface area contributed by atoms with Crippen molar-refractivity contribution < 1.29 is 14.3 Å². The molecule has 32 heavy (non-hydrogen) atoms. The number of hydrogen-bond donors (Lipinski definition) is 0. The highest BCUT2D eigenvalue weighted by atomic mass is 32.1. The molecule has 0 radical (unpaired) electrons. The number of aromatic nitrogens is 3. The highest BCUT2D eigenvalue weighted by Crippen LogP contribution is 2.34. The second kappa shape index (κ2) is 10.4. The standard InChI is InChI=1S/C23H31N5O3S/c1-4-31-19-7-5-8-20-21(19)24-23(32-20)27(11-6-10-26-13-15-30-16-14-26)22(29)18-9-12-28(25-18)17(2)3/h5,7-9,12,17H,4,6,10-11,13-16H2,1-3H3. The number of benzene rings is 1. The fourth-order valence-electron chi connectivity index (χ4n) is 3.74. The van der Waals surface area contributed by atoms with E-state index < -0.39 is 0 Å². The van der Waals surface area contributed by atoms with Crippen molar-refractivity contribution >= 4 is 32.6 Å². The lowest BCUT2D eigenvalue weighted by Crippen LogP contribution is -2.39. The summed E-state index contributed by atoms with van der Waals surface area (Å²) < 4.78 is 14.0. The molecule has 2 aromatic heterocycles. The number of carbonyl (C=O) groups excluding carboxylic acids is 1. The summed E-state index contributed by atoms with van der Waals surface area (Å²) in [5.74, 6) is 0.626. The first-order valence-corrected chi connectivity index (χ1v) is 12.1. The lowest BCUT2D eigenvalue weighted by atomic mass is 10.3. The molecule has 1 aliphatic rings. The molecule has 172 valence electrons. The maximum Gasteiger partial charge on any atom is 0.280 e. The third-order valence-corrected chi connectivity index (χ3v) is 6.51. The van der Waals surface area contributed by atoms with Crippen molar-refractivity contribution in [3.8, 4) is 5.75 Å².